The van der Waals surface area contributed by atoms with Gasteiger partial charge in [-0.15, -0.1) is 0 Å². The Kier molecular flexibility index (Phi) is 8.14. The Labute approximate surface area is 203 Å². The average Bonchev–Trinajstić information content (AvgIpc) is 3.34. The summed E-state index contributed by atoms with van der Waals surface area (Å²) in [7, 11) is 1.59. The van der Waals surface area contributed by atoms with Crippen molar-refractivity contribution in [2.45, 2.75) is 37.5 Å². The molecule has 4 heterocycles. The lowest BCUT2D eigenvalue weighted by Gasteiger charge is -2.23. The third-order valence-electron chi connectivity index (χ3n) is 5.48. The minimum Gasteiger partial charge on any atom is -0.481 e. The van der Waals surface area contributed by atoms with Gasteiger partial charge in [-0.1, -0.05) is 30.0 Å². The molecule has 2 atom stereocenters. The van der Waals surface area contributed by atoms with Crippen LogP contribution in [0, 0.1) is 0 Å². The van der Waals surface area contributed by atoms with Gasteiger partial charge in [-0.3, -0.25) is 4.79 Å². The van der Waals surface area contributed by atoms with Gasteiger partial charge in [-0.25, -0.2) is 15.0 Å². The molecule has 176 valence electrons. The summed E-state index contributed by atoms with van der Waals surface area (Å²) in [5.41, 5.74) is 2.78. The Bertz CT molecular complexity index is 1180. The van der Waals surface area contributed by atoms with E-state index in [0.29, 0.717) is 12.5 Å². The highest BCUT2D eigenvalue weighted by molar-refractivity contribution is 8.04. The molecular formula is C26H28N4O3S. The lowest BCUT2D eigenvalue weighted by atomic mass is 9.97. The fraction of sp³-hybridized carbons (Fsp3) is 0.308. The predicted molar refractivity (Wildman–Crippen MR) is 134 cm³/mol. The molecule has 4 rings (SSSR count). The molecule has 1 aliphatic heterocycles. The van der Waals surface area contributed by atoms with Crippen LogP contribution in [0.15, 0.2) is 72.0 Å². The Morgan fingerprint density at radius 3 is 2.94 bits per heavy atom. The minimum absolute atomic E-state index is 0.00693. The molecule has 0 saturated heterocycles. The highest BCUT2D eigenvalue weighted by Crippen LogP contribution is 2.38. The number of thioether (sulfide) groups is 1. The summed E-state index contributed by atoms with van der Waals surface area (Å²) in [6.45, 7) is 2.19. The van der Waals surface area contributed by atoms with Gasteiger partial charge in [0, 0.05) is 46.6 Å². The van der Waals surface area contributed by atoms with Crippen molar-refractivity contribution in [1.82, 2.24) is 20.3 Å². The smallest absolute Gasteiger partial charge is 0.306 e. The van der Waals surface area contributed by atoms with E-state index in [9.17, 15) is 4.79 Å². The van der Waals surface area contributed by atoms with Crippen LogP contribution in [0.2, 0.25) is 0 Å². The van der Waals surface area contributed by atoms with E-state index in [1.165, 1.54) is 0 Å². The van der Waals surface area contributed by atoms with Crippen LogP contribution in [0.5, 0.6) is 5.88 Å². The molecule has 3 aromatic heterocycles. The van der Waals surface area contributed by atoms with Crippen LogP contribution in [-0.4, -0.2) is 40.0 Å². The third-order valence-corrected chi connectivity index (χ3v) is 6.72. The Balaban J connectivity index is 1.35. The highest BCUT2D eigenvalue weighted by atomic mass is 32.2. The topological polar surface area (TPSA) is 86.2 Å². The molecule has 0 aromatic carbocycles. The van der Waals surface area contributed by atoms with Crippen LogP contribution in [-0.2, 0) is 16.0 Å². The van der Waals surface area contributed by atoms with Crippen molar-refractivity contribution in [2.75, 3.05) is 13.7 Å². The number of ether oxygens (including phenoxy) is 2. The van der Waals surface area contributed by atoms with E-state index >= 15 is 0 Å². The van der Waals surface area contributed by atoms with E-state index in [2.05, 4.69) is 44.6 Å². The number of aryl methyl sites for hydroxylation is 1. The van der Waals surface area contributed by atoms with Gasteiger partial charge in [-0.05, 0) is 49.6 Å². The number of nitrogens with one attached hydrogen (secondary N) is 1. The first kappa shape index (κ1) is 23.8. The number of carbonyl (C=O) groups excluding carboxylic acids is 1. The minimum atomic E-state index is -0.216. The molecule has 7 nitrogen and oxygen atoms in total. The number of nitrogens with zero attached hydrogens (tertiary/aromatic N) is 3. The van der Waals surface area contributed by atoms with Crippen LogP contribution in [0.3, 0.4) is 0 Å². The number of allylic oxidation sites excluding steroid dienone is 2. The number of carbonyl (C=O) groups is 1. The van der Waals surface area contributed by atoms with Gasteiger partial charge >= 0.3 is 5.97 Å². The number of hydrogen-bond donors (Lipinski definition) is 1. The summed E-state index contributed by atoms with van der Waals surface area (Å²) in [4.78, 5) is 26.7. The largest absolute Gasteiger partial charge is 0.481 e. The Hall–Kier alpha value is -3.39. The monoisotopic (exact) mass is 476 g/mol. The summed E-state index contributed by atoms with van der Waals surface area (Å²) >= 11 is 1.70. The molecule has 0 fully saturated rings. The highest BCUT2D eigenvalue weighted by Gasteiger charge is 2.30. The van der Waals surface area contributed by atoms with Gasteiger partial charge in [-0.2, -0.15) is 0 Å². The lowest BCUT2D eigenvalue weighted by molar-refractivity contribution is -0.143. The van der Waals surface area contributed by atoms with Crippen molar-refractivity contribution >= 4 is 28.8 Å². The van der Waals surface area contributed by atoms with Crippen molar-refractivity contribution in [3.63, 3.8) is 0 Å². The van der Waals surface area contributed by atoms with Crippen LogP contribution in [0.4, 0.5) is 0 Å². The Morgan fingerprint density at radius 2 is 2.15 bits per heavy atom. The summed E-state index contributed by atoms with van der Waals surface area (Å²) in [5, 5.41) is 4.48. The molecule has 0 aliphatic carbocycles. The summed E-state index contributed by atoms with van der Waals surface area (Å²) in [6.07, 6.45) is 11.8. The number of fused-ring (bicyclic) bond motifs is 1. The van der Waals surface area contributed by atoms with Gasteiger partial charge in [0.05, 0.1) is 25.5 Å². The van der Waals surface area contributed by atoms with Gasteiger partial charge in [0.1, 0.15) is 0 Å². The zero-order chi connectivity index (χ0) is 23.8. The maximum atomic E-state index is 12.3. The van der Waals surface area contributed by atoms with E-state index in [-0.39, 0.29) is 23.7 Å². The van der Waals surface area contributed by atoms with E-state index in [1.807, 2.05) is 37.4 Å². The molecule has 2 unspecified atom stereocenters. The van der Waals surface area contributed by atoms with E-state index in [0.717, 1.165) is 40.0 Å². The predicted octanol–water partition coefficient (Wildman–Crippen LogP) is 4.76. The van der Waals surface area contributed by atoms with Crippen LogP contribution < -0.4 is 10.1 Å². The van der Waals surface area contributed by atoms with Crippen molar-refractivity contribution in [2.24, 2.45) is 0 Å². The molecule has 34 heavy (non-hydrogen) atoms. The number of methoxy groups -OCH3 is 1. The molecule has 0 bridgehead atoms. The van der Waals surface area contributed by atoms with E-state index < -0.39 is 0 Å². The quantitative estimate of drug-likeness (QED) is 0.419. The molecule has 0 spiro atoms. The van der Waals surface area contributed by atoms with Crippen molar-refractivity contribution in [3.05, 3.63) is 83.3 Å². The van der Waals surface area contributed by atoms with Crippen molar-refractivity contribution in [3.8, 4) is 5.88 Å². The molecule has 3 aromatic rings. The van der Waals surface area contributed by atoms with Crippen LogP contribution in [0.1, 0.15) is 36.9 Å². The number of esters is 1. The Morgan fingerprint density at radius 1 is 1.24 bits per heavy atom. The molecule has 1 aliphatic rings. The van der Waals surface area contributed by atoms with Gasteiger partial charge in [0.25, 0.3) is 0 Å². The van der Waals surface area contributed by atoms with Gasteiger partial charge in [0.15, 0.2) is 5.65 Å². The SMILES string of the molecule is CCOC(=O)CC(c1ccc(OC)nc1)C1NC=C(/C=C/CCc2ccc3cccnc3n2)S1. The number of rotatable bonds is 10. The molecule has 0 saturated carbocycles. The maximum absolute atomic E-state index is 12.3. The maximum Gasteiger partial charge on any atom is 0.306 e. The van der Waals surface area contributed by atoms with Crippen molar-refractivity contribution in [1.29, 1.82) is 0 Å². The second-order valence-electron chi connectivity index (χ2n) is 7.80. The average molecular weight is 477 g/mol. The second kappa shape index (κ2) is 11.7. The summed E-state index contributed by atoms with van der Waals surface area (Å²) in [6, 6.07) is 11.8. The first-order chi connectivity index (χ1) is 16.7. The summed E-state index contributed by atoms with van der Waals surface area (Å²) in [5.74, 6) is 0.245. The van der Waals surface area contributed by atoms with Gasteiger partial charge < -0.3 is 14.8 Å². The number of aromatic nitrogens is 3. The van der Waals surface area contributed by atoms with Crippen LogP contribution in [0.25, 0.3) is 11.0 Å². The fourth-order valence-corrected chi connectivity index (χ4v) is 4.92. The van der Waals surface area contributed by atoms with Gasteiger partial charge in [0.2, 0.25) is 5.88 Å². The molecule has 8 heteroatoms. The second-order valence-corrected chi connectivity index (χ2v) is 9.01. The zero-order valence-electron chi connectivity index (χ0n) is 19.3. The lowest BCUT2D eigenvalue weighted by Crippen LogP contribution is -2.27. The summed E-state index contributed by atoms with van der Waals surface area (Å²) < 4.78 is 10.4. The molecule has 0 radical (unpaired) electrons. The number of hydrogen-bond acceptors (Lipinski definition) is 8. The first-order valence-corrected chi connectivity index (χ1v) is 12.2. The first-order valence-electron chi connectivity index (χ1n) is 11.3. The number of pyridine rings is 3. The molecular weight excluding hydrogens is 448 g/mol. The van der Waals surface area contributed by atoms with Crippen LogP contribution >= 0.6 is 11.8 Å². The fourth-order valence-electron chi connectivity index (χ4n) is 3.76. The van der Waals surface area contributed by atoms with E-state index in [1.54, 1.807) is 31.3 Å². The normalized spacial score (nSPS) is 16.3. The zero-order valence-corrected chi connectivity index (χ0v) is 20.1. The third kappa shape index (κ3) is 6.14. The molecule has 1 N–H and O–H groups in total. The standard InChI is InChI=1S/C26H28N4O3S/c1-3-33-24(31)15-22(19-11-13-23(32-2)28-16-19)26-29-17-21(34-26)9-5-4-8-20-12-10-18-7-6-14-27-25(18)30-20/h5-7,9-14,16-17,22,26,29H,3-4,8,15H2,1-2H3/b9-5+. The van der Waals surface area contributed by atoms with Crippen molar-refractivity contribution < 1.29 is 14.3 Å². The van der Waals surface area contributed by atoms with E-state index in [4.69, 9.17) is 9.47 Å². The molecule has 0 amide bonds.